The van der Waals surface area contributed by atoms with E-state index in [2.05, 4.69) is 20.9 Å². The van der Waals surface area contributed by atoms with Gasteiger partial charge in [-0.3, -0.25) is 14.6 Å². The second-order valence-electron chi connectivity index (χ2n) is 5.27. The van der Waals surface area contributed by atoms with Gasteiger partial charge in [0, 0.05) is 23.6 Å². The number of aliphatic carboxylic acids is 1. The highest BCUT2D eigenvalue weighted by Gasteiger charge is 2.38. The molecule has 0 saturated carbocycles. The van der Waals surface area contributed by atoms with E-state index in [4.69, 9.17) is 0 Å². The van der Waals surface area contributed by atoms with Gasteiger partial charge in [-0.2, -0.15) is 0 Å². The number of amides is 1. The Morgan fingerprint density at radius 2 is 2.29 bits per heavy atom. The van der Waals surface area contributed by atoms with Crippen LogP contribution in [0.1, 0.15) is 44.3 Å². The van der Waals surface area contributed by atoms with Crippen molar-refractivity contribution in [2.45, 2.75) is 38.6 Å². The van der Waals surface area contributed by atoms with E-state index in [1.165, 1.54) is 0 Å². The Balaban J connectivity index is 2.44. The van der Waals surface area contributed by atoms with E-state index in [0.717, 1.165) is 10.9 Å². The van der Waals surface area contributed by atoms with Gasteiger partial charge in [0.1, 0.15) is 0 Å². The normalized spacial score (nSPS) is 23.0. The zero-order valence-electron chi connectivity index (χ0n) is 12.0. The Morgan fingerprint density at radius 3 is 2.86 bits per heavy atom. The first-order valence-electron chi connectivity index (χ1n) is 7.18. The maximum absolute atomic E-state index is 12.3. The zero-order valence-corrected chi connectivity index (χ0v) is 13.5. The Morgan fingerprint density at radius 1 is 1.52 bits per heavy atom. The molecule has 2 heterocycles. The number of rotatable bonds is 4. The summed E-state index contributed by atoms with van der Waals surface area (Å²) >= 11 is 3.33. The smallest absolute Gasteiger partial charge is 0.309 e. The molecule has 0 aliphatic carbocycles. The molecular weight excluding hydrogens is 336 g/mol. The van der Waals surface area contributed by atoms with Crippen LogP contribution >= 0.6 is 15.9 Å². The quantitative estimate of drug-likeness (QED) is 0.901. The predicted molar refractivity (Wildman–Crippen MR) is 81.7 cm³/mol. The van der Waals surface area contributed by atoms with Crippen molar-refractivity contribution in [1.29, 1.82) is 0 Å². The number of carboxylic acid groups (broad SMARTS) is 1. The van der Waals surface area contributed by atoms with E-state index in [9.17, 15) is 14.7 Å². The minimum atomic E-state index is -0.861. The third-order valence-corrected chi connectivity index (χ3v) is 4.25. The lowest BCUT2D eigenvalue weighted by Gasteiger charge is -2.33. The molecule has 1 saturated heterocycles. The number of carboxylic acids is 1. The fraction of sp³-hybridized carbons (Fsp3) is 0.533. The van der Waals surface area contributed by atoms with Crippen LogP contribution in [0.15, 0.2) is 22.8 Å². The van der Waals surface area contributed by atoms with Crippen molar-refractivity contribution in [2.24, 2.45) is 5.92 Å². The van der Waals surface area contributed by atoms with Crippen LogP contribution < -0.4 is 0 Å². The van der Waals surface area contributed by atoms with Gasteiger partial charge in [0.2, 0.25) is 5.91 Å². The standard InChI is InChI=1S/C15H19BrN2O3/c1-2-8-18-13(19)5-3-4-11(15(20)21)14(18)12-7-6-10(16)9-17-12/h6-7,9,11,14H,2-5,8H2,1H3,(H,20,21). The average molecular weight is 355 g/mol. The van der Waals surface area contributed by atoms with Gasteiger partial charge in [-0.15, -0.1) is 0 Å². The molecule has 2 unspecified atom stereocenters. The summed E-state index contributed by atoms with van der Waals surface area (Å²) in [4.78, 5) is 30.0. The fourth-order valence-corrected chi connectivity index (χ4v) is 3.07. The van der Waals surface area contributed by atoms with E-state index in [-0.39, 0.29) is 5.91 Å². The third kappa shape index (κ3) is 3.61. The number of likely N-dealkylation sites (tertiary alicyclic amines) is 1. The van der Waals surface area contributed by atoms with Gasteiger partial charge in [-0.1, -0.05) is 6.92 Å². The maximum atomic E-state index is 12.3. The Hall–Kier alpha value is -1.43. The number of nitrogens with zero attached hydrogens (tertiary/aromatic N) is 2. The molecule has 1 N–H and O–H groups in total. The monoisotopic (exact) mass is 354 g/mol. The molecule has 21 heavy (non-hydrogen) atoms. The van der Waals surface area contributed by atoms with Crippen LogP contribution in [0.25, 0.3) is 0 Å². The van der Waals surface area contributed by atoms with Crippen LogP contribution in [0.3, 0.4) is 0 Å². The number of carbonyl (C=O) groups excluding carboxylic acids is 1. The molecule has 1 aliphatic heterocycles. The number of carbonyl (C=O) groups is 2. The molecule has 0 aromatic carbocycles. The Labute approximate surface area is 132 Å². The second kappa shape index (κ2) is 7.02. The van der Waals surface area contributed by atoms with Crippen LogP contribution in [0.5, 0.6) is 0 Å². The molecule has 6 heteroatoms. The van der Waals surface area contributed by atoms with Crippen molar-refractivity contribution in [3.05, 3.63) is 28.5 Å². The van der Waals surface area contributed by atoms with Gasteiger partial charge >= 0.3 is 5.97 Å². The van der Waals surface area contributed by atoms with Crippen molar-refractivity contribution < 1.29 is 14.7 Å². The summed E-state index contributed by atoms with van der Waals surface area (Å²) < 4.78 is 0.833. The van der Waals surface area contributed by atoms with Crippen molar-refractivity contribution in [1.82, 2.24) is 9.88 Å². The molecule has 0 spiro atoms. The average Bonchev–Trinajstić information content (AvgIpc) is 2.61. The van der Waals surface area contributed by atoms with E-state index in [0.29, 0.717) is 31.5 Å². The summed E-state index contributed by atoms with van der Waals surface area (Å²) in [5, 5.41) is 9.55. The van der Waals surface area contributed by atoms with Crippen LogP contribution in [-0.4, -0.2) is 33.4 Å². The van der Waals surface area contributed by atoms with Gasteiger partial charge in [0.05, 0.1) is 17.7 Å². The van der Waals surface area contributed by atoms with E-state index in [1.54, 1.807) is 17.2 Å². The first kappa shape index (κ1) is 15.9. The van der Waals surface area contributed by atoms with Crippen LogP contribution in [0.2, 0.25) is 0 Å². The van der Waals surface area contributed by atoms with Gasteiger partial charge in [0.15, 0.2) is 0 Å². The minimum Gasteiger partial charge on any atom is -0.481 e. The highest BCUT2D eigenvalue weighted by molar-refractivity contribution is 9.10. The Bertz CT molecular complexity index is 518. The van der Waals surface area contributed by atoms with Crippen LogP contribution in [-0.2, 0) is 9.59 Å². The largest absolute Gasteiger partial charge is 0.481 e. The van der Waals surface area contributed by atoms with Gasteiger partial charge in [-0.25, -0.2) is 0 Å². The van der Waals surface area contributed by atoms with E-state index in [1.807, 2.05) is 13.0 Å². The predicted octanol–water partition coefficient (Wildman–Crippen LogP) is 3.01. The highest BCUT2D eigenvalue weighted by Crippen LogP contribution is 2.35. The molecule has 1 amide bonds. The molecule has 1 aliphatic rings. The molecule has 0 radical (unpaired) electrons. The molecule has 0 bridgehead atoms. The highest BCUT2D eigenvalue weighted by atomic mass is 79.9. The summed E-state index contributed by atoms with van der Waals surface area (Å²) in [7, 11) is 0. The molecule has 1 aromatic rings. The lowest BCUT2D eigenvalue weighted by molar-refractivity contribution is -0.146. The van der Waals surface area contributed by atoms with Crippen molar-refractivity contribution in [2.75, 3.05) is 6.54 Å². The summed E-state index contributed by atoms with van der Waals surface area (Å²) in [6.07, 6.45) is 3.97. The molecule has 2 atom stereocenters. The molecule has 2 rings (SSSR count). The Kier molecular flexibility index (Phi) is 5.33. The summed E-state index contributed by atoms with van der Waals surface area (Å²) in [6.45, 7) is 2.55. The van der Waals surface area contributed by atoms with Crippen LogP contribution in [0, 0.1) is 5.92 Å². The van der Waals surface area contributed by atoms with Gasteiger partial charge in [0.25, 0.3) is 0 Å². The number of hydrogen-bond acceptors (Lipinski definition) is 3. The van der Waals surface area contributed by atoms with Crippen LogP contribution in [0.4, 0.5) is 0 Å². The molecular formula is C15H19BrN2O3. The van der Waals surface area contributed by atoms with Crippen molar-refractivity contribution in [3.63, 3.8) is 0 Å². The maximum Gasteiger partial charge on any atom is 0.309 e. The number of pyridine rings is 1. The molecule has 1 aromatic heterocycles. The SMILES string of the molecule is CCCN1C(=O)CCCC(C(=O)O)C1c1ccc(Br)cn1. The summed E-state index contributed by atoms with van der Waals surface area (Å²) in [5.41, 5.74) is 0.648. The summed E-state index contributed by atoms with van der Waals surface area (Å²) in [5.74, 6) is -1.44. The first-order chi connectivity index (χ1) is 10.0. The molecule has 114 valence electrons. The molecule has 1 fully saturated rings. The molecule has 5 nitrogen and oxygen atoms in total. The second-order valence-corrected chi connectivity index (χ2v) is 6.19. The lowest BCUT2D eigenvalue weighted by atomic mass is 9.92. The zero-order chi connectivity index (χ0) is 15.4. The van der Waals surface area contributed by atoms with Gasteiger partial charge < -0.3 is 10.0 Å². The van der Waals surface area contributed by atoms with Crippen molar-refractivity contribution >= 4 is 27.8 Å². The number of halogens is 1. The third-order valence-electron chi connectivity index (χ3n) is 3.78. The minimum absolute atomic E-state index is 0.0234. The summed E-state index contributed by atoms with van der Waals surface area (Å²) in [6, 6.07) is 3.15. The topological polar surface area (TPSA) is 70.5 Å². The van der Waals surface area contributed by atoms with Gasteiger partial charge in [-0.05, 0) is 47.3 Å². The van der Waals surface area contributed by atoms with E-state index >= 15 is 0 Å². The number of aromatic nitrogens is 1. The fourth-order valence-electron chi connectivity index (χ4n) is 2.84. The lowest BCUT2D eigenvalue weighted by Crippen LogP contribution is -2.39. The number of hydrogen-bond donors (Lipinski definition) is 1. The first-order valence-corrected chi connectivity index (χ1v) is 7.97. The van der Waals surface area contributed by atoms with Crippen molar-refractivity contribution in [3.8, 4) is 0 Å². The van der Waals surface area contributed by atoms with E-state index < -0.39 is 17.9 Å².